The molecule has 2 aliphatic carbocycles. The molecule has 38 heavy (non-hydrogen) atoms. The molecule has 0 saturated heterocycles. The van der Waals surface area contributed by atoms with Crippen LogP contribution in [0.4, 0.5) is 0 Å². The van der Waals surface area contributed by atoms with Crippen LogP contribution in [0.3, 0.4) is 0 Å². The zero-order valence-corrected chi connectivity index (χ0v) is 23.7. The van der Waals surface area contributed by atoms with Gasteiger partial charge in [-0.3, -0.25) is 0 Å². The van der Waals surface area contributed by atoms with Gasteiger partial charge in [0.05, 0.1) is 24.3 Å². The smallest absolute Gasteiger partial charge is 0.265 e. The molecule has 2 rings (SSSR count). The SMILES string of the molecule is [C-]#[N+]/C(C#N)=C1\CC(C)(C)CC(NCCCCCCCC2=C(C#N)C(=C(C#N)C#N)CC(C)(C)C2)=C1CC. The first-order valence-corrected chi connectivity index (χ1v) is 13.7. The number of hydrogen-bond donors (Lipinski definition) is 1. The van der Waals surface area contributed by atoms with E-state index in [1.54, 1.807) is 0 Å². The Labute approximate surface area is 229 Å². The molecule has 0 unspecified atom stereocenters. The largest absolute Gasteiger partial charge is 0.388 e. The van der Waals surface area contributed by atoms with E-state index >= 15 is 0 Å². The van der Waals surface area contributed by atoms with E-state index in [0.717, 1.165) is 87.5 Å². The van der Waals surface area contributed by atoms with E-state index in [4.69, 9.17) is 6.57 Å². The summed E-state index contributed by atoms with van der Waals surface area (Å²) in [5.74, 6) is 0. The quantitative estimate of drug-likeness (QED) is 0.182. The molecule has 0 aromatic rings. The van der Waals surface area contributed by atoms with Crippen LogP contribution in [0, 0.1) is 62.7 Å². The van der Waals surface area contributed by atoms with Crippen molar-refractivity contribution in [3.63, 3.8) is 0 Å². The highest BCUT2D eigenvalue weighted by molar-refractivity contribution is 5.57. The van der Waals surface area contributed by atoms with Crippen molar-refractivity contribution in [2.45, 2.75) is 105 Å². The molecule has 6 nitrogen and oxygen atoms in total. The van der Waals surface area contributed by atoms with E-state index in [-0.39, 0.29) is 22.1 Å². The summed E-state index contributed by atoms with van der Waals surface area (Å²) in [5, 5.41) is 41.6. The Morgan fingerprint density at radius 1 is 0.842 bits per heavy atom. The summed E-state index contributed by atoms with van der Waals surface area (Å²) in [4.78, 5) is 3.49. The van der Waals surface area contributed by atoms with Crippen molar-refractivity contribution < 1.29 is 0 Å². The topological polar surface area (TPSA) is 112 Å². The lowest BCUT2D eigenvalue weighted by atomic mass is 9.70. The lowest BCUT2D eigenvalue weighted by Gasteiger charge is -2.36. The van der Waals surface area contributed by atoms with Crippen LogP contribution in [0.15, 0.2) is 44.8 Å². The van der Waals surface area contributed by atoms with Gasteiger partial charge in [0.2, 0.25) is 0 Å². The van der Waals surface area contributed by atoms with E-state index in [0.29, 0.717) is 17.6 Å². The summed E-state index contributed by atoms with van der Waals surface area (Å²) in [6.07, 6.45) is 10.1. The molecule has 2 aliphatic rings. The Morgan fingerprint density at radius 2 is 1.45 bits per heavy atom. The third-order valence-electron chi connectivity index (χ3n) is 7.53. The number of nitrogens with zero attached hydrogens (tertiary/aromatic N) is 5. The average Bonchev–Trinajstić information content (AvgIpc) is 2.86. The standard InChI is InChI=1S/C32H40N6/c1-7-25-27(30(22-36)37-6)17-32(4,5)18-29(25)38-14-12-10-8-9-11-13-23-15-31(2,3)16-26(28(23)21-35)24(19-33)20-34/h38H,7-18H2,1-5H3/b30-27+. The van der Waals surface area contributed by atoms with Crippen LogP contribution in [0.1, 0.15) is 105 Å². The number of nitrogens with one attached hydrogen (secondary N) is 1. The van der Waals surface area contributed by atoms with Gasteiger partial charge in [0, 0.05) is 12.2 Å². The molecular weight excluding hydrogens is 468 g/mol. The van der Waals surface area contributed by atoms with Crippen molar-refractivity contribution in [3.8, 4) is 24.3 Å². The first-order valence-electron chi connectivity index (χ1n) is 13.7. The first kappa shape index (κ1) is 30.4. The van der Waals surface area contributed by atoms with E-state index in [2.05, 4.69) is 56.9 Å². The molecule has 0 aliphatic heterocycles. The van der Waals surface area contributed by atoms with Gasteiger partial charge in [0.1, 0.15) is 17.7 Å². The highest BCUT2D eigenvalue weighted by Crippen LogP contribution is 2.45. The maximum absolute atomic E-state index is 9.79. The molecule has 198 valence electrons. The van der Waals surface area contributed by atoms with Gasteiger partial charge in [-0.25, -0.2) is 10.1 Å². The highest BCUT2D eigenvalue weighted by Gasteiger charge is 2.33. The number of nitriles is 4. The van der Waals surface area contributed by atoms with Crippen molar-refractivity contribution in [2.24, 2.45) is 10.8 Å². The van der Waals surface area contributed by atoms with Gasteiger partial charge in [0.15, 0.2) is 0 Å². The molecule has 0 saturated carbocycles. The van der Waals surface area contributed by atoms with Crippen molar-refractivity contribution in [3.05, 3.63) is 56.2 Å². The monoisotopic (exact) mass is 508 g/mol. The number of allylic oxidation sites excluding steroid dienone is 8. The molecule has 0 heterocycles. The van der Waals surface area contributed by atoms with Crippen LogP contribution in [-0.4, -0.2) is 6.54 Å². The molecule has 0 fully saturated rings. The normalized spacial score (nSPS) is 19.4. The second kappa shape index (κ2) is 13.7. The Kier molecular flexibility index (Phi) is 10.9. The molecule has 0 bridgehead atoms. The van der Waals surface area contributed by atoms with E-state index in [1.165, 1.54) is 5.70 Å². The minimum Gasteiger partial charge on any atom is -0.388 e. The Hall–Kier alpha value is -3.79. The van der Waals surface area contributed by atoms with Crippen LogP contribution >= 0.6 is 0 Å². The van der Waals surface area contributed by atoms with E-state index < -0.39 is 0 Å². The molecule has 6 heteroatoms. The van der Waals surface area contributed by atoms with Crippen LogP contribution < -0.4 is 5.32 Å². The van der Waals surface area contributed by atoms with Gasteiger partial charge in [-0.15, -0.1) is 0 Å². The number of hydrogen-bond acceptors (Lipinski definition) is 5. The predicted molar refractivity (Wildman–Crippen MR) is 149 cm³/mol. The summed E-state index contributed by atoms with van der Waals surface area (Å²) < 4.78 is 0. The van der Waals surface area contributed by atoms with E-state index in [1.807, 2.05) is 12.1 Å². The first-order chi connectivity index (χ1) is 18.1. The summed E-state index contributed by atoms with van der Waals surface area (Å²) >= 11 is 0. The molecule has 1 N–H and O–H groups in total. The highest BCUT2D eigenvalue weighted by atomic mass is 14.9. The van der Waals surface area contributed by atoms with Crippen molar-refractivity contribution in [1.29, 1.82) is 21.0 Å². The fourth-order valence-electron chi connectivity index (χ4n) is 5.87. The molecule has 0 atom stereocenters. The van der Waals surface area contributed by atoms with Gasteiger partial charge in [0.25, 0.3) is 5.70 Å². The second-order valence-corrected chi connectivity index (χ2v) is 12.0. The minimum atomic E-state index is -0.0623. The van der Waals surface area contributed by atoms with Crippen molar-refractivity contribution >= 4 is 0 Å². The van der Waals surface area contributed by atoms with Crippen LogP contribution in [0.2, 0.25) is 0 Å². The van der Waals surface area contributed by atoms with E-state index in [9.17, 15) is 21.0 Å². The van der Waals surface area contributed by atoms with Crippen molar-refractivity contribution in [1.82, 2.24) is 5.32 Å². The summed E-state index contributed by atoms with van der Waals surface area (Å²) in [6.45, 7) is 19.0. The maximum atomic E-state index is 9.79. The maximum Gasteiger partial charge on any atom is 0.265 e. The fourth-order valence-corrected chi connectivity index (χ4v) is 5.87. The zero-order chi connectivity index (χ0) is 28.3. The molecule has 0 radical (unpaired) electrons. The number of rotatable bonds is 10. The Bertz CT molecular complexity index is 1220. The van der Waals surface area contributed by atoms with Gasteiger partial charge in [-0.05, 0) is 78.9 Å². The third kappa shape index (κ3) is 7.85. The number of unbranched alkanes of at least 4 members (excludes halogenated alkanes) is 4. The molecule has 0 amide bonds. The lowest BCUT2D eigenvalue weighted by molar-refractivity contribution is 0.334. The fraction of sp³-hybridized carbons (Fsp3) is 0.594. The van der Waals surface area contributed by atoms with Crippen LogP contribution in [-0.2, 0) is 0 Å². The average molecular weight is 509 g/mol. The summed E-state index contributed by atoms with van der Waals surface area (Å²) in [7, 11) is 0. The third-order valence-corrected chi connectivity index (χ3v) is 7.53. The molecule has 0 aromatic heterocycles. The zero-order valence-electron chi connectivity index (χ0n) is 23.7. The molecule has 0 aromatic carbocycles. The second-order valence-electron chi connectivity index (χ2n) is 12.0. The van der Waals surface area contributed by atoms with Gasteiger partial charge < -0.3 is 5.32 Å². The van der Waals surface area contributed by atoms with Gasteiger partial charge >= 0.3 is 0 Å². The summed E-state index contributed by atoms with van der Waals surface area (Å²) in [6, 6.07) is 8.36. The lowest BCUT2D eigenvalue weighted by Crippen LogP contribution is -2.28. The van der Waals surface area contributed by atoms with Gasteiger partial charge in [-0.1, -0.05) is 59.5 Å². The van der Waals surface area contributed by atoms with Gasteiger partial charge in [-0.2, -0.15) is 15.8 Å². The van der Waals surface area contributed by atoms with Crippen molar-refractivity contribution in [2.75, 3.05) is 6.54 Å². The Morgan fingerprint density at radius 3 is 2.03 bits per heavy atom. The molecule has 0 spiro atoms. The summed E-state index contributed by atoms with van der Waals surface area (Å²) in [5.41, 5.74) is 5.76. The minimum absolute atomic E-state index is 0.0179. The van der Waals surface area contributed by atoms with Crippen LogP contribution in [0.25, 0.3) is 4.85 Å². The Balaban J connectivity index is 1.92. The van der Waals surface area contributed by atoms with Crippen LogP contribution in [0.5, 0.6) is 0 Å². The molecular formula is C32H40N6. The predicted octanol–water partition coefficient (Wildman–Crippen LogP) is 8.08.